The molecule has 15 heavy (non-hydrogen) atoms. The Hall–Kier alpha value is -0.720. The van der Waals surface area contributed by atoms with Gasteiger partial charge in [-0.1, -0.05) is 47.0 Å². The highest BCUT2D eigenvalue weighted by atomic mass is 15.0. The molecule has 1 aromatic rings. The van der Waals surface area contributed by atoms with Gasteiger partial charge in [0.25, 0.3) is 0 Å². The van der Waals surface area contributed by atoms with E-state index in [4.69, 9.17) is 0 Å². The Morgan fingerprint density at radius 2 is 1.87 bits per heavy atom. The Bertz CT molecular complexity index is 225. The van der Waals surface area contributed by atoms with Gasteiger partial charge in [-0.15, -0.1) is 0 Å². The lowest BCUT2D eigenvalue weighted by atomic mass is 10.2. The summed E-state index contributed by atoms with van der Waals surface area (Å²) in [6.45, 7) is 11.2. The van der Waals surface area contributed by atoms with Gasteiger partial charge < -0.3 is 4.57 Å². The Morgan fingerprint density at radius 1 is 1.20 bits per heavy atom. The molecule has 1 radical (unpaired) electrons. The number of unbranched alkanes of at least 4 members (excludes halogenated alkanes) is 1. The number of hydrogen-bond donors (Lipinski definition) is 0. The zero-order valence-corrected chi connectivity index (χ0v) is 10.6. The van der Waals surface area contributed by atoms with Gasteiger partial charge in [-0.3, -0.25) is 0 Å². The minimum absolute atomic E-state index is 1.00. The largest absolute Gasteiger partial charge is 0.351 e. The van der Waals surface area contributed by atoms with Crippen LogP contribution in [0.25, 0.3) is 0 Å². The molecule has 0 amide bonds. The molecule has 1 rings (SSSR count). The van der Waals surface area contributed by atoms with Crippen molar-refractivity contribution in [3.63, 3.8) is 0 Å². The van der Waals surface area contributed by atoms with Crippen molar-refractivity contribution in [1.29, 1.82) is 0 Å². The fourth-order valence-corrected chi connectivity index (χ4v) is 1.48. The first-order valence-electron chi connectivity index (χ1n) is 6.23. The van der Waals surface area contributed by atoms with E-state index in [2.05, 4.69) is 43.7 Å². The Labute approximate surface area is 95.5 Å². The molecule has 0 saturated carbocycles. The SMILES string of the molecule is CCCCn1cccc1CCC.[CH2]CC. The summed E-state index contributed by atoms with van der Waals surface area (Å²) in [7, 11) is 0. The highest BCUT2D eigenvalue weighted by molar-refractivity contribution is 5.06. The highest BCUT2D eigenvalue weighted by Crippen LogP contribution is 2.06. The summed E-state index contributed by atoms with van der Waals surface area (Å²) >= 11 is 0. The van der Waals surface area contributed by atoms with Crippen LogP contribution >= 0.6 is 0 Å². The van der Waals surface area contributed by atoms with Crippen LogP contribution in [0, 0.1) is 6.92 Å². The molecule has 87 valence electrons. The maximum absolute atomic E-state index is 3.49. The molecule has 1 aromatic heterocycles. The molecule has 0 spiro atoms. The summed E-state index contributed by atoms with van der Waals surface area (Å²) in [4.78, 5) is 0. The number of hydrogen-bond acceptors (Lipinski definition) is 0. The zero-order chi connectivity index (χ0) is 11.5. The molecule has 1 heterocycles. The average molecular weight is 208 g/mol. The van der Waals surface area contributed by atoms with Crippen molar-refractivity contribution >= 4 is 0 Å². The van der Waals surface area contributed by atoms with Crippen LogP contribution in [-0.2, 0) is 13.0 Å². The summed E-state index contributed by atoms with van der Waals surface area (Å²) in [6, 6.07) is 4.39. The van der Waals surface area contributed by atoms with Gasteiger partial charge in [-0.2, -0.15) is 0 Å². The summed E-state index contributed by atoms with van der Waals surface area (Å²) < 4.78 is 2.38. The van der Waals surface area contributed by atoms with Gasteiger partial charge in [0.15, 0.2) is 0 Å². The zero-order valence-electron chi connectivity index (χ0n) is 10.6. The molecular weight excluding hydrogens is 182 g/mol. The van der Waals surface area contributed by atoms with Crippen LogP contribution in [0.4, 0.5) is 0 Å². The molecule has 0 saturated heterocycles. The number of rotatable bonds is 5. The topological polar surface area (TPSA) is 4.93 Å². The van der Waals surface area contributed by atoms with Crippen molar-refractivity contribution in [3.05, 3.63) is 30.9 Å². The molecule has 0 unspecified atom stereocenters. The van der Waals surface area contributed by atoms with E-state index >= 15 is 0 Å². The van der Waals surface area contributed by atoms with Gasteiger partial charge in [0.2, 0.25) is 0 Å². The van der Waals surface area contributed by atoms with Crippen molar-refractivity contribution in [2.45, 2.75) is 59.4 Å². The summed E-state index contributed by atoms with van der Waals surface area (Å²) in [5.74, 6) is 0. The van der Waals surface area contributed by atoms with E-state index in [0.717, 1.165) is 6.42 Å². The van der Waals surface area contributed by atoms with Crippen LogP contribution in [0.3, 0.4) is 0 Å². The first kappa shape index (κ1) is 14.3. The number of nitrogens with zero attached hydrogens (tertiary/aromatic N) is 1. The van der Waals surface area contributed by atoms with Gasteiger partial charge in [-0.25, -0.2) is 0 Å². The second-order valence-corrected chi connectivity index (χ2v) is 3.80. The van der Waals surface area contributed by atoms with Gasteiger partial charge >= 0.3 is 0 Å². The first-order valence-corrected chi connectivity index (χ1v) is 6.23. The average Bonchev–Trinajstić information content (AvgIpc) is 2.64. The lowest BCUT2D eigenvalue weighted by Crippen LogP contribution is -2.00. The standard InChI is InChI=1S/C11H19N.C3H7/c1-3-5-9-12-10-6-8-11(12)7-4-2;1-3-2/h6,8,10H,3-5,7,9H2,1-2H3;1,3H2,2H3. The van der Waals surface area contributed by atoms with Crippen LogP contribution in [0.1, 0.15) is 52.1 Å². The van der Waals surface area contributed by atoms with Gasteiger partial charge in [0.05, 0.1) is 0 Å². The smallest absolute Gasteiger partial charge is 0.0222 e. The summed E-state index contributed by atoms with van der Waals surface area (Å²) in [5, 5.41) is 0. The Balaban J connectivity index is 0.000000583. The van der Waals surface area contributed by atoms with Crippen LogP contribution in [0.15, 0.2) is 18.3 Å². The fourth-order valence-electron chi connectivity index (χ4n) is 1.48. The van der Waals surface area contributed by atoms with E-state index in [9.17, 15) is 0 Å². The van der Waals surface area contributed by atoms with Crippen LogP contribution < -0.4 is 0 Å². The summed E-state index contributed by atoms with van der Waals surface area (Å²) in [5.41, 5.74) is 1.49. The molecule has 0 aliphatic heterocycles. The molecule has 0 bridgehead atoms. The molecule has 1 nitrogen and oxygen atoms in total. The maximum Gasteiger partial charge on any atom is 0.0222 e. The molecule has 0 N–H and O–H groups in total. The fraction of sp³-hybridized carbons (Fsp3) is 0.643. The lowest BCUT2D eigenvalue weighted by molar-refractivity contribution is 0.606. The lowest BCUT2D eigenvalue weighted by Gasteiger charge is -2.06. The maximum atomic E-state index is 3.49. The van der Waals surface area contributed by atoms with Crippen molar-refractivity contribution < 1.29 is 0 Å². The van der Waals surface area contributed by atoms with Crippen molar-refractivity contribution in [3.8, 4) is 0 Å². The number of aryl methyl sites for hydroxylation is 2. The van der Waals surface area contributed by atoms with Crippen molar-refractivity contribution in [2.24, 2.45) is 0 Å². The van der Waals surface area contributed by atoms with Crippen molar-refractivity contribution in [2.75, 3.05) is 0 Å². The molecule has 0 aliphatic rings. The minimum atomic E-state index is 1.00. The predicted octanol–water partition coefficient (Wildman–Crippen LogP) is 4.47. The predicted molar refractivity (Wildman–Crippen MR) is 69.0 cm³/mol. The third kappa shape index (κ3) is 6.38. The quantitative estimate of drug-likeness (QED) is 0.672. The molecule has 0 aliphatic carbocycles. The molecule has 1 heteroatoms. The molecule has 0 fully saturated rings. The molecule has 0 aromatic carbocycles. The van der Waals surface area contributed by atoms with E-state index in [0.29, 0.717) is 0 Å². The van der Waals surface area contributed by atoms with E-state index in [1.807, 2.05) is 6.92 Å². The van der Waals surface area contributed by atoms with E-state index < -0.39 is 0 Å². The highest BCUT2D eigenvalue weighted by Gasteiger charge is 1.97. The second kappa shape index (κ2) is 9.82. The molecular formula is C14H26N. The normalized spacial score (nSPS) is 9.60. The monoisotopic (exact) mass is 208 g/mol. The van der Waals surface area contributed by atoms with Crippen molar-refractivity contribution in [1.82, 2.24) is 4.57 Å². The minimum Gasteiger partial charge on any atom is -0.351 e. The van der Waals surface area contributed by atoms with E-state index in [1.165, 1.54) is 37.9 Å². The Morgan fingerprint density at radius 3 is 2.40 bits per heavy atom. The van der Waals surface area contributed by atoms with E-state index in [-0.39, 0.29) is 0 Å². The second-order valence-electron chi connectivity index (χ2n) is 3.80. The number of aromatic nitrogens is 1. The van der Waals surface area contributed by atoms with Crippen LogP contribution in [-0.4, -0.2) is 4.57 Å². The van der Waals surface area contributed by atoms with Crippen LogP contribution in [0.5, 0.6) is 0 Å². The van der Waals surface area contributed by atoms with Gasteiger partial charge in [0.1, 0.15) is 0 Å². The summed E-state index contributed by atoms with van der Waals surface area (Å²) in [6.07, 6.45) is 8.24. The van der Waals surface area contributed by atoms with Gasteiger partial charge in [0, 0.05) is 18.4 Å². The molecule has 0 atom stereocenters. The van der Waals surface area contributed by atoms with E-state index in [1.54, 1.807) is 0 Å². The van der Waals surface area contributed by atoms with Gasteiger partial charge in [-0.05, 0) is 25.0 Å². The first-order chi connectivity index (χ1) is 7.29. The Kier molecular flexibility index (Phi) is 9.35. The van der Waals surface area contributed by atoms with Crippen LogP contribution in [0.2, 0.25) is 0 Å². The third-order valence-corrected chi connectivity index (χ3v) is 2.18. The third-order valence-electron chi connectivity index (χ3n) is 2.18.